The largest absolute Gasteiger partial charge is 0.309 e. The first-order chi connectivity index (χ1) is 8.76. The molecule has 1 aromatic rings. The minimum atomic E-state index is 0.570. The molecule has 0 amide bonds. The van der Waals surface area contributed by atoms with Crippen LogP contribution >= 0.6 is 11.3 Å². The van der Waals surface area contributed by atoms with Gasteiger partial charge >= 0.3 is 0 Å². The Morgan fingerprint density at radius 1 is 1.06 bits per heavy atom. The first kappa shape index (κ1) is 15.7. The summed E-state index contributed by atoms with van der Waals surface area (Å²) in [7, 11) is 0. The normalized spacial score (nSPS) is 13.2. The average Bonchev–Trinajstić information content (AvgIpc) is 2.84. The molecule has 0 aliphatic rings. The Balaban J connectivity index is 2.83. The van der Waals surface area contributed by atoms with Gasteiger partial charge < -0.3 is 5.32 Å². The molecule has 1 nitrogen and oxygen atoms in total. The second-order valence-electron chi connectivity index (χ2n) is 5.03. The topological polar surface area (TPSA) is 12.0 Å². The molecule has 2 heteroatoms. The number of nitrogens with one attached hydrogen (secondary N) is 1. The Bertz CT molecular complexity index is 313. The summed E-state index contributed by atoms with van der Waals surface area (Å²) in [6, 6.07) is 5.22. The fourth-order valence-corrected chi connectivity index (χ4v) is 3.81. The van der Waals surface area contributed by atoms with Gasteiger partial charge in [-0.05, 0) is 43.9 Å². The molecule has 0 aromatic carbocycles. The molecule has 1 heterocycles. The lowest BCUT2D eigenvalue weighted by molar-refractivity contribution is 0.324. The van der Waals surface area contributed by atoms with Gasteiger partial charge in [0.15, 0.2) is 0 Å². The van der Waals surface area contributed by atoms with Crippen LogP contribution in [0.1, 0.15) is 69.2 Å². The van der Waals surface area contributed by atoms with Crippen molar-refractivity contribution < 1.29 is 0 Å². The minimum Gasteiger partial charge on any atom is -0.309 e. The molecular weight excluding hydrogens is 238 g/mol. The summed E-state index contributed by atoms with van der Waals surface area (Å²) in [6.45, 7) is 10.1. The Hall–Kier alpha value is -0.340. The Labute approximate surface area is 117 Å². The van der Waals surface area contributed by atoms with E-state index < -0.39 is 0 Å². The van der Waals surface area contributed by atoms with Gasteiger partial charge in [-0.15, -0.1) is 11.3 Å². The van der Waals surface area contributed by atoms with Crippen LogP contribution in [0.15, 0.2) is 12.1 Å². The molecule has 1 aromatic heterocycles. The van der Waals surface area contributed by atoms with E-state index in [4.69, 9.17) is 0 Å². The molecule has 1 rings (SSSR count). The third kappa shape index (κ3) is 4.40. The summed E-state index contributed by atoms with van der Waals surface area (Å²) in [5.41, 5.74) is 0. The molecular formula is C16H29NS. The highest BCUT2D eigenvalue weighted by atomic mass is 32.1. The first-order valence-corrected chi connectivity index (χ1v) is 8.40. The van der Waals surface area contributed by atoms with Crippen molar-refractivity contribution in [1.29, 1.82) is 0 Å². The summed E-state index contributed by atoms with van der Waals surface area (Å²) in [6.07, 6.45) is 6.42. The monoisotopic (exact) mass is 267 g/mol. The van der Waals surface area contributed by atoms with Crippen LogP contribution in [0.3, 0.4) is 0 Å². The van der Waals surface area contributed by atoms with Crippen LogP contribution in [0.5, 0.6) is 0 Å². The summed E-state index contributed by atoms with van der Waals surface area (Å²) in [5, 5.41) is 3.72. The molecule has 0 aliphatic carbocycles. The van der Waals surface area contributed by atoms with Crippen LogP contribution < -0.4 is 5.32 Å². The maximum absolute atomic E-state index is 3.72. The van der Waals surface area contributed by atoms with Crippen LogP contribution in [0, 0.1) is 5.92 Å². The molecule has 0 saturated heterocycles. The minimum absolute atomic E-state index is 0.570. The molecule has 104 valence electrons. The van der Waals surface area contributed by atoms with Crippen molar-refractivity contribution in [2.45, 2.75) is 65.8 Å². The van der Waals surface area contributed by atoms with Crippen LogP contribution in [-0.2, 0) is 6.42 Å². The molecule has 1 unspecified atom stereocenters. The highest BCUT2D eigenvalue weighted by Gasteiger charge is 2.22. The van der Waals surface area contributed by atoms with E-state index in [9.17, 15) is 0 Å². The van der Waals surface area contributed by atoms with Gasteiger partial charge in [-0.25, -0.2) is 0 Å². The molecule has 0 radical (unpaired) electrons. The molecule has 18 heavy (non-hydrogen) atoms. The van der Waals surface area contributed by atoms with E-state index in [1.54, 1.807) is 4.88 Å². The van der Waals surface area contributed by atoms with Crippen LogP contribution in [0.25, 0.3) is 0 Å². The molecule has 1 atom stereocenters. The zero-order valence-electron chi connectivity index (χ0n) is 12.5. The van der Waals surface area contributed by atoms with E-state index in [0.717, 1.165) is 18.9 Å². The van der Waals surface area contributed by atoms with Crippen molar-refractivity contribution in [3.8, 4) is 0 Å². The van der Waals surface area contributed by atoms with E-state index in [1.807, 2.05) is 11.3 Å². The molecule has 1 N–H and O–H groups in total. The zero-order valence-corrected chi connectivity index (χ0v) is 13.3. The van der Waals surface area contributed by atoms with Gasteiger partial charge in [0.05, 0.1) is 0 Å². The van der Waals surface area contributed by atoms with Crippen molar-refractivity contribution in [1.82, 2.24) is 5.32 Å². The molecule has 0 fully saturated rings. The number of hydrogen-bond acceptors (Lipinski definition) is 2. The maximum Gasteiger partial charge on any atom is 0.0443 e. The maximum atomic E-state index is 3.72. The van der Waals surface area contributed by atoms with E-state index in [2.05, 4.69) is 45.1 Å². The second kappa shape index (κ2) is 8.71. The zero-order chi connectivity index (χ0) is 13.4. The molecule has 0 aliphatic heterocycles. The number of aryl methyl sites for hydroxylation is 1. The third-order valence-corrected chi connectivity index (χ3v) is 4.86. The van der Waals surface area contributed by atoms with Gasteiger partial charge in [0.25, 0.3) is 0 Å². The fraction of sp³-hybridized carbons (Fsp3) is 0.750. The third-order valence-electron chi connectivity index (χ3n) is 3.55. The van der Waals surface area contributed by atoms with Crippen molar-refractivity contribution in [2.75, 3.05) is 6.54 Å². The first-order valence-electron chi connectivity index (χ1n) is 7.58. The second-order valence-corrected chi connectivity index (χ2v) is 6.23. The van der Waals surface area contributed by atoms with Crippen LogP contribution in [-0.4, -0.2) is 6.54 Å². The van der Waals surface area contributed by atoms with E-state index in [1.165, 1.54) is 30.6 Å². The van der Waals surface area contributed by atoms with E-state index in [0.29, 0.717) is 6.04 Å². The lowest BCUT2D eigenvalue weighted by atomic mass is 9.89. The van der Waals surface area contributed by atoms with Gasteiger partial charge in [0.1, 0.15) is 0 Å². The summed E-state index contributed by atoms with van der Waals surface area (Å²) in [4.78, 5) is 3.06. The molecule has 0 bridgehead atoms. The van der Waals surface area contributed by atoms with Crippen molar-refractivity contribution in [3.05, 3.63) is 21.9 Å². The van der Waals surface area contributed by atoms with Gasteiger partial charge in [-0.3, -0.25) is 0 Å². The predicted molar refractivity (Wildman–Crippen MR) is 83.4 cm³/mol. The summed E-state index contributed by atoms with van der Waals surface area (Å²) in [5.74, 6) is 0.795. The van der Waals surface area contributed by atoms with E-state index in [-0.39, 0.29) is 0 Å². The number of rotatable bonds is 9. The average molecular weight is 267 g/mol. The van der Waals surface area contributed by atoms with Gasteiger partial charge in [0.2, 0.25) is 0 Å². The van der Waals surface area contributed by atoms with Crippen molar-refractivity contribution in [3.63, 3.8) is 0 Å². The van der Waals surface area contributed by atoms with Crippen LogP contribution in [0.4, 0.5) is 0 Å². The number of hydrogen-bond donors (Lipinski definition) is 1. The Morgan fingerprint density at radius 2 is 1.72 bits per heavy atom. The summed E-state index contributed by atoms with van der Waals surface area (Å²) < 4.78 is 0. The lowest BCUT2D eigenvalue weighted by Crippen LogP contribution is -2.27. The van der Waals surface area contributed by atoms with Gasteiger partial charge in [0, 0.05) is 15.8 Å². The number of thiophene rings is 1. The lowest BCUT2D eigenvalue weighted by Gasteiger charge is -2.26. The Kier molecular flexibility index (Phi) is 7.60. The van der Waals surface area contributed by atoms with E-state index >= 15 is 0 Å². The SMILES string of the molecule is CCCC(CCC)C(NCC)c1ccc(CC)s1. The quantitative estimate of drug-likeness (QED) is 0.650. The summed E-state index contributed by atoms with van der Waals surface area (Å²) >= 11 is 2.00. The molecule has 0 spiro atoms. The van der Waals surface area contributed by atoms with Gasteiger partial charge in [-0.1, -0.05) is 40.5 Å². The standard InChI is InChI=1S/C16H29NS/c1-5-9-13(10-6-2)16(17-8-4)15-12-11-14(7-3)18-15/h11-13,16-17H,5-10H2,1-4H3. The smallest absolute Gasteiger partial charge is 0.0443 e. The van der Waals surface area contributed by atoms with Crippen LogP contribution in [0.2, 0.25) is 0 Å². The fourth-order valence-electron chi connectivity index (χ4n) is 2.69. The van der Waals surface area contributed by atoms with Gasteiger partial charge in [-0.2, -0.15) is 0 Å². The predicted octanol–water partition coefficient (Wildman–Crippen LogP) is 5.18. The Morgan fingerprint density at radius 3 is 2.17 bits per heavy atom. The van der Waals surface area contributed by atoms with Crippen molar-refractivity contribution >= 4 is 11.3 Å². The van der Waals surface area contributed by atoms with Crippen molar-refractivity contribution in [2.24, 2.45) is 5.92 Å². The molecule has 0 saturated carbocycles. The highest BCUT2D eigenvalue weighted by molar-refractivity contribution is 7.12. The highest BCUT2D eigenvalue weighted by Crippen LogP contribution is 2.33.